The van der Waals surface area contributed by atoms with Gasteiger partial charge in [0, 0.05) is 33.0 Å². The number of hydrogen-bond donors (Lipinski definition) is 0. The van der Waals surface area contributed by atoms with Crippen LogP contribution in [0, 0.1) is 0 Å². The SMILES string of the molecule is CC1(C)c2ccccc2-c2c1ccc1c(-c3c4ccccc4c(N4c5ccccc5[Si]5(CCCC5)c5ccccc54)c4ccccc34)cc3c(c21)-c1ccccc1C3(C)C. The van der Waals surface area contributed by atoms with E-state index in [4.69, 9.17) is 0 Å². The van der Waals surface area contributed by atoms with Crippen molar-refractivity contribution in [2.45, 2.75) is 63.5 Å². The number of rotatable bonds is 2. The third kappa shape index (κ3) is 4.22. The summed E-state index contributed by atoms with van der Waals surface area (Å²) in [5, 5.41) is 11.2. The molecule has 2 aliphatic carbocycles. The maximum Gasteiger partial charge on any atom is 0.123 e. The van der Waals surface area contributed by atoms with Gasteiger partial charge in [-0.3, -0.25) is 0 Å². The Bertz CT molecular complexity index is 3220. The Kier molecular flexibility index (Phi) is 6.90. The average molecular weight is 786 g/mol. The molecule has 2 heteroatoms. The molecule has 2 aliphatic heterocycles. The molecule has 0 radical (unpaired) electrons. The number of nitrogens with zero attached hydrogens (tertiary/aromatic N) is 1. The summed E-state index contributed by atoms with van der Waals surface area (Å²) in [6.07, 6.45) is 2.66. The third-order valence-electron chi connectivity index (χ3n) is 15.6. The zero-order valence-corrected chi connectivity index (χ0v) is 35.9. The summed E-state index contributed by atoms with van der Waals surface area (Å²) in [6, 6.07) is 66.2. The minimum absolute atomic E-state index is 0.0986. The summed E-state index contributed by atoms with van der Waals surface area (Å²) >= 11 is 0. The van der Waals surface area contributed by atoms with Gasteiger partial charge >= 0.3 is 0 Å². The van der Waals surface area contributed by atoms with E-state index in [-0.39, 0.29) is 10.8 Å². The molecule has 288 valence electrons. The summed E-state index contributed by atoms with van der Waals surface area (Å²) in [4.78, 5) is 2.67. The minimum Gasteiger partial charge on any atom is -0.309 e. The van der Waals surface area contributed by atoms with Crippen LogP contribution in [-0.4, -0.2) is 8.07 Å². The Labute approximate surface area is 354 Å². The van der Waals surface area contributed by atoms with Crippen LogP contribution in [0.15, 0.2) is 164 Å². The summed E-state index contributed by atoms with van der Waals surface area (Å²) in [5.74, 6) is 0. The molecular weight excluding hydrogens is 739 g/mol. The molecule has 1 nitrogen and oxygen atoms in total. The Morgan fingerprint density at radius 1 is 0.400 bits per heavy atom. The molecule has 13 rings (SSSR count). The second-order valence-electron chi connectivity index (χ2n) is 19.1. The summed E-state index contributed by atoms with van der Waals surface area (Å²) in [6.45, 7) is 9.72. The molecule has 4 aliphatic rings. The molecule has 9 aromatic rings. The molecular formula is C58H47NSi. The fraction of sp³-hybridized carbons (Fsp3) is 0.172. The molecule has 1 fully saturated rings. The number of fused-ring (bicyclic) bond motifs is 15. The highest BCUT2D eigenvalue weighted by Gasteiger charge is 2.48. The highest BCUT2D eigenvalue weighted by Crippen LogP contribution is 2.60. The highest BCUT2D eigenvalue weighted by atomic mass is 28.3. The first kappa shape index (κ1) is 34.6. The minimum atomic E-state index is -1.90. The van der Waals surface area contributed by atoms with Gasteiger partial charge < -0.3 is 4.90 Å². The Morgan fingerprint density at radius 2 is 0.867 bits per heavy atom. The predicted molar refractivity (Wildman–Crippen MR) is 258 cm³/mol. The van der Waals surface area contributed by atoms with Crippen molar-refractivity contribution >= 4 is 67.8 Å². The normalized spacial score (nSPS) is 17.1. The van der Waals surface area contributed by atoms with Crippen molar-refractivity contribution in [3.8, 4) is 33.4 Å². The molecule has 0 N–H and O–H groups in total. The van der Waals surface area contributed by atoms with E-state index >= 15 is 0 Å². The van der Waals surface area contributed by atoms with E-state index in [0.717, 1.165) is 0 Å². The van der Waals surface area contributed by atoms with Gasteiger partial charge in [0.2, 0.25) is 0 Å². The van der Waals surface area contributed by atoms with Crippen LogP contribution in [-0.2, 0) is 10.8 Å². The number of anilines is 3. The highest BCUT2D eigenvalue weighted by molar-refractivity contribution is 7.05. The number of para-hydroxylation sites is 2. The Hall–Kier alpha value is -6.22. The lowest BCUT2D eigenvalue weighted by Gasteiger charge is -2.43. The van der Waals surface area contributed by atoms with Crippen molar-refractivity contribution < 1.29 is 0 Å². The van der Waals surface area contributed by atoms with Gasteiger partial charge in [0.05, 0.1) is 5.69 Å². The van der Waals surface area contributed by atoms with Crippen LogP contribution in [0.5, 0.6) is 0 Å². The van der Waals surface area contributed by atoms with E-state index < -0.39 is 8.07 Å². The van der Waals surface area contributed by atoms with E-state index in [9.17, 15) is 0 Å². The van der Waals surface area contributed by atoms with Gasteiger partial charge in [-0.15, -0.1) is 0 Å². The molecule has 0 amide bonds. The van der Waals surface area contributed by atoms with Crippen molar-refractivity contribution in [3.63, 3.8) is 0 Å². The van der Waals surface area contributed by atoms with Crippen LogP contribution < -0.4 is 15.3 Å². The second kappa shape index (κ2) is 12.0. The Balaban J connectivity index is 1.18. The maximum absolute atomic E-state index is 2.67. The van der Waals surface area contributed by atoms with Crippen LogP contribution in [0.3, 0.4) is 0 Å². The van der Waals surface area contributed by atoms with Gasteiger partial charge in [0.25, 0.3) is 0 Å². The van der Waals surface area contributed by atoms with Gasteiger partial charge in [-0.05, 0) is 118 Å². The van der Waals surface area contributed by atoms with Crippen molar-refractivity contribution in [2.24, 2.45) is 0 Å². The zero-order chi connectivity index (χ0) is 40.1. The van der Waals surface area contributed by atoms with Gasteiger partial charge in [0.1, 0.15) is 8.07 Å². The molecule has 0 saturated carbocycles. The lowest BCUT2D eigenvalue weighted by atomic mass is 9.77. The van der Waals surface area contributed by atoms with Crippen molar-refractivity contribution in [3.05, 3.63) is 186 Å². The van der Waals surface area contributed by atoms with Crippen molar-refractivity contribution in [2.75, 3.05) is 4.90 Å². The zero-order valence-electron chi connectivity index (χ0n) is 34.9. The number of hydrogen-bond acceptors (Lipinski definition) is 1. The van der Waals surface area contributed by atoms with E-state index in [0.29, 0.717) is 0 Å². The summed E-state index contributed by atoms with van der Waals surface area (Å²) in [7, 11) is -1.90. The quantitative estimate of drug-likeness (QED) is 0.125. The standard InChI is InChI=1S/C58H47NSi/c1-57(2)44-25-11-9-23-41(44)53-46(57)32-31-38-43(35-47-54(55(38)53)42-24-10-12-26-45(42)58(47,3)4)52-36-19-5-7-21-39(36)56(40-22-8-6-20-37(40)52)59-48-27-13-15-29-50(48)60(33-17-18-34-60)51-30-16-14-28-49(51)59/h5-16,19-32,35H,17-18,33-34H2,1-4H3. The van der Waals surface area contributed by atoms with Crippen LogP contribution in [0.25, 0.3) is 65.7 Å². The largest absolute Gasteiger partial charge is 0.309 e. The third-order valence-corrected chi connectivity index (χ3v) is 20.9. The fourth-order valence-electron chi connectivity index (χ4n) is 12.9. The first-order chi connectivity index (χ1) is 29.3. The van der Waals surface area contributed by atoms with E-state index in [1.54, 1.807) is 10.4 Å². The molecule has 60 heavy (non-hydrogen) atoms. The lowest BCUT2D eigenvalue weighted by molar-refractivity contribution is 0.660. The number of benzene rings is 9. The smallest absolute Gasteiger partial charge is 0.123 e. The molecule has 2 heterocycles. The summed E-state index contributed by atoms with van der Waals surface area (Å²) in [5.41, 5.74) is 17.7. The average Bonchev–Trinajstić information content (AvgIpc) is 3.93. The fourth-order valence-corrected chi connectivity index (χ4v) is 18.4. The van der Waals surface area contributed by atoms with E-state index in [1.165, 1.54) is 130 Å². The van der Waals surface area contributed by atoms with Crippen molar-refractivity contribution in [1.29, 1.82) is 0 Å². The molecule has 1 spiro atoms. The van der Waals surface area contributed by atoms with Gasteiger partial charge in [-0.2, -0.15) is 0 Å². The molecule has 9 aromatic carbocycles. The second-order valence-corrected chi connectivity index (χ2v) is 23.3. The van der Waals surface area contributed by atoms with Gasteiger partial charge in [0.15, 0.2) is 0 Å². The molecule has 0 bridgehead atoms. The Morgan fingerprint density at radius 3 is 1.45 bits per heavy atom. The van der Waals surface area contributed by atoms with Crippen molar-refractivity contribution in [1.82, 2.24) is 0 Å². The lowest BCUT2D eigenvalue weighted by Crippen LogP contribution is -2.60. The summed E-state index contributed by atoms with van der Waals surface area (Å²) < 4.78 is 0. The first-order valence-electron chi connectivity index (χ1n) is 22.1. The van der Waals surface area contributed by atoms with Crippen LogP contribution in [0.4, 0.5) is 17.1 Å². The predicted octanol–water partition coefficient (Wildman–Crippen LogP) is 14.6. The monoisotopic (exact) mass is 785 g/mol. The topological polar surface area (TPSA) is 3.24 Å². The molecule has 0 unspecified atom stereocenters. The molecule has 0 atom stereocenters. The molecule has 0 aromatic heterocycles. The van der Waals surface area contributed by atoms with Gasteiger partial charge in [-0.25, -0.2) is 0 Å². The van der Waals surface area contributed by atoms with E-state index in [1.807, 2.05) is 0 Å². The van der Waals surface area contributed by atoms with Crippen LogP contribution >= 0.6 is 0 Å². The van der Waals surface area contributed by atoms with E-state index in [2.05, 4.69) is 196 Å². The van der Waals surface area contributed by atoms with Crippen LogP contribution in [0.2, 0.25) is 12.1 Å². The molecule has 1 saturated heterocycles. The first-order valence-corrected chi connectivity index (χ1v) is 24.5. The van der Waals surface area contributed by atoms with Gasteiger partial charge in [-0.1, -0.05) is 186 Å². The van der Waals surface area contributed by atoms with Crippen LogP contribution in [0.1, 0.15) is 62.8 Å². The maximum atomic E-state index is 2.67.